The summed E-state index contributed by atoms with van der Waals surface area (Å²) < 4.78 is 0. The Morgan fingerprint density at radius 3 is 2.78 bits per heavy atom. The third-order valence-electron chi connectivity index (χ3n) is 6.12. The number of hydrogen-bond acceptors (Lipinski definition) is 2. The van der Waals surface area contributed by atoms with Crippen LogP contribution in [0.1, 0.15) is 93.1 Å². The molecule has 2 heterocycles. The number of benzene rings is 1. The summed E-state index contributed by atoms with van der Waals surface area (Å²) in [5, 5.41) is 3.47. The number of allylic oxidation sites excluding steroid dienone is 2. The SMILES string of the molecule is C=C1CCC(N2Cc3cc(C(CC)CC)ccc3C2=O)C(=CCCCC)N1. The highest BCUT2D eigenvalue weighted by Crippen LogP contribution is 2.34. The second-order valence-corrected chi connectivity index (χ2v) is 7.95. The standard InChI is InChI=1S/C24H34N2O/c1-5-8-9-10-22-23(14-11-17(4)25-22)26-16-20-15-19(18(6-2)7-3)12-13-21(20)24(26)27/h10,12-13,15,18,23,25H,4-9,11,14,16H2,1-3H3. The second kappa shape index (κ2) is 8.77. The van der Waals surface area contributed by atoms with E-state index in [1.54, 1.807) is 0 Å². The van der Waals surface area contributed by atoms with Crippen LogP contribution in [-0.4, -0.2) is 16.8 Å². The summed E-state index contributed by atoms with van der Waals surface area (Å²) in [5.74, 6) is 0.769. The van der Waals surface area contributed by atoms with Crippen molar-refractivity contribution in [1.29, 1.82) is 0 Å². The summed E-state index contributed by atoms with van der Waals surface area (Å²) in [4.78, 5) is 15.2. The number of nitrogens with one attached hydrogen (secondary N) is 1. The lowest BCUT2D eigenvalue weighted by atomic mass is 9.92. The van der Waals surface area contributed by atoms with Gasteiger partial charge in [0.05, 0.1) is 6.04 Å². The van der Waals surface area contributed by atoms with Crippen LogP contribution >= 0.6 is 0 Å². The maximum Gasteiger partial charge on any atom is 0.255 e. The number of nitrogens with zero attached hydrogens (tertiary/aromatic N) is 1. The molecule has 1 saturated heterocycles. The molecule has 1 N–H and O–H groups in total. The molecule has 1 atom stereocenters. The van der Waals surface area contributed by atoms with Crippen LogP contribution in [-0.2, 0) is 6.54 Å². The van der Waals surface area contributed by atoms with Crippen LogP contribution in [0.3, 0.4) is 0 Å². The Bertz CT molecular complexity index is 730. The summed E-state index contributed by atoms with van der Waals surface area (Å²) in [6, 6.07) is 6.64. The Balaban J connectivity index is 1.83. The van der Waals surface area contributed by atoms with Gasteiger partial charge in [-0.2, -0.15) is 0 Å². The summed E-state index contributed by atoms with van der Waals surface area (Å²) in [7, 11) is 0. The maximum atomic E-state index is 13.1. The van der Waals surface area contributed by atoms with E-state index in [1.807, 2.05) is 0 Å². The molecule has 0 saturated carbocycles. The fourth-order valence-corrected chi connectivity index (χ4v) is 4.42. The summed E-state index contributed by atoms with van der Waals surface area (Å²) >= 11 is 0. The van der Waals surface area contributed by atoms with Crippen LogP contribution in [0.25, 0.3) is 0 Å². The minimum Gasteiger partial charge on any atom is -0.361 e. The Kier molecular flexibility index (Phi) is 6.41. The van der Waals surface area contributed by atoms with Gasteiger partial charge < -0.3 is 10.2 Å². The smallest absolute Gasteiger partial charge is 0.255 e. The van der Waals surface area contributed by atoms with Crippen molar-refractivity contribution < 1.29 is 4.79 Å². The third kappa shape index (κ3) is 4.12. The Morgan fingerprint density at radius 2 is 2.07 bits per heavy atom. The van der Waals surface area contributed by atoms with E-state index in [4.69, 9.17) is 0 Å². The molecule has 0 aromatic heterocycles. The second-order valence-electron chi connectivity index (χ2n) is 7.95. The normalized spacial score (nSPS) is 21.1. The van der Waals surface area contributed by atoms with Gasteiger partial charge in [0, 0.05) is 23.5 Å². The van der Waals surface area contributed by atoms with Crippen LogP contribution in [0.15, 0.2) is 42.2 Å². The van der Waals surface area contributed by atoms with Crippen molar-refractivity contribution in [3.05, 3.63) is 58.9 Å². The Hall–Kier alpha value is -2.03. The van der Waals surface area contributed by atoms with Crippen LogP contribution in [0, 0.1) is 0 Å². The Morgan fingerprint density at radius 1 is 1.30 bits per heavy atom. The van der Waals surface area contributed by atoms with E-state index >= 15 is 0 Å². The lowest BCUT2D eigenvalue weighted by Crippen LogP contribution is -2.43. The van der Waals surface area contributed by atoms with E-state index in [1.165, 1.54) is 29.7 Å². The first-order chi connectivity index (χ1) is 13.1. The zero-order valence-corrected chi connectivity index (χ0v) is 17.2. The zero-order chi connectivity index (χ0) is 19.4. The predicted octanol–water partition coefficient (Wildman–Crippen LogP) is 5.89. The molecule has 3 heteroatoms. The molecular weight excluding hydrogens is 332 g/mol. The fraction of sp³-hybridized carbons (Fsp3) is 0.542. The summed E-state index contributed by atoms with van der Waals surface area (Å²) in [5.41, 5.74) is 5.70. The van der Waals surface area contributed by atoms with Gasteiger partial charge in [-0.05, 0) is 55.2 Å². The van der Waals surface area contributed by atoms with Crippen molar-refractivity contribution in [3.63, 3.8) is 0 Å². The highest BCUT2D eigenvalue weighted by molar-refractivity contribution is 5.98. The molecule has 146 valence electrons. The minimum absolute atomic E-state index is 0.142. The first-order valence-corrected chi connectivity index (χ1v) is 10.7. The van der Waals surface area contributed by atoms with Crippen LogP contribution in [0.5, 0.6) is 0 Å². The zero-order valence-electron chi connectivity index (χ0n) is 17.2. The first kappa shape index (κ1) is 19.7. The van der Waals surface area contributed by atoms with Crippen molar-refractivity contribution in [2.24, 2.45) is 0 Å². The number of carbonyl (C=O) groups is 1. The number of piperidine rings is 1. The van der Waals surface area contributed by atoms with Gasteiger partial charge >= 0.3 is 0 Å². The van der Waals surface area contributed by atoms with Gasteiger partial charge in [-0.15, -0.1) is 0 Å². The molecule has 1 aromatic carbocycles. The van der Waals surface area contributed by atoms with Gasteiger partial charge in [0.2, 0.25) is 0 Å². The molecule has 0 bridgehead atoms. The predicted molar refractivity (Wildman–Crippen MR) is 113 cm³/mol. The number of fused-ring (bicyclic) bond motifs is 1. The third-order valence-corrected chi connectivity index (χ3v) is 6.12. The lowest BCUT2D eigenvalue weighted by Gasteiger charge is -2.35. The molecule has 2 aliphatic rings. The maximum absolute atomic E-state index is 13.1. The molecule has 1 unspecified atom stereocenters. The Labute approximate surface area is 164 Å². The molecule has 3 rings (SSSR count). The average Bonchev–Trinajstić information content (AvgIpc) is 2.99. The lowest BCUT2D eigenvalue weighted by molar-refractivity contribution is 0.0711. The summed E-state index contributed by atoms with van der Waals surface area (Å²) in [6.45, 7) is 11.5. The number of rotatable bonds is 7. The quantitative estimate of drug-likeness (QED) is 0.611. The van der Waals surface area contributed by atoms with E-state index in [0.29, 0.717) is 5.92 Å². The topological polar surface area (TPSA) is 32.3 Å². The number of hydrogen-bond donors (Lipinski definition) is 1. The highest BCUT2D eigenvalue weighted by atomic mass is 16.2. The van der Waals surface area contributed by atoms with Gasteiger partial charge in [0.25, 0.3) is 5.91 Å². The monoisotopic (exact) mass is 366 g/mol. The van der Waals surface area contributed by atoms with Gasteiger partial charge in [-0.3, -0.25) is 4.79 Å². The van der Waals surface area contributed by atoms with Crippen molar-refractivity contribution in [3.8, 4) is 0 Å². The number of amides is 1. The van der Waals surface area contributed by atoms with Crippen molar-refractivity contribution in [2.75, 3.05) is 0 Å². The molecule has 1 amide bonds. The molecule has 27 heavy (non-hydrogen) atoms. The molecule has 2 aliphatic heterocycles. The van der Waals surface area contributed by atoms with Gasteiger partial charge in [-0.25, -0.2) is 0 Å². The highest BCUT2D eigenvalue weighted by Gasteiger charge is 2.36. The van der Waals surface area contributed by atoms with E-state index < -0.39 is 0 Å². The van der Waals surface area contributed by atoms with E-state index in [0.717, 1.165) is 49.9 Å². The molecule has 1 fully saturated rings. The molecule has 0 radical (unpaired) electrons. The first-order valence-electron chi connectivity index (χ1n) is 10.7. The van der Waals surface area contributed by atoms with E-state index in [2.05, 4.69) is 61.8 Å². The molecule has 1 aromatic rings. The van der Waals surface area contributed by atoms with Crippen molar-refractivity contribution in [2.45, 2.75) is 84.2 Å². The number of unbranched alkanes of at least 4 members (excludes halogenated alkanes) is 2. The van der Waals surface area contributed by atoms with Crippen molar-refractivity contribution >= 4 is 5.91 Å². The van der Waals surface area contributed by atoms with Crippen LogP contribution in [0.4, 0.5) is 0 Å². The van der Waals surface area contributed by atoms with Crippen molar-refractivity contribution in [1.82, 2.24) is 10.2 Å². The van der Waals surface area contributed by atoms with Gasteiger partial charge in [-0.1, -0.05) is 58.4 Å². The summed E-state index contributed by atoms with van der Waals surface area (Å²) in [6.07, 6.45) is 9.87. The molecule has 0 spiro atoms. The van der Waals surface area contributed by atoms with Crippen LogP contribution < -0.4 is 5.32 Å². The van der Waals surface area contributed by atoms with Gasteiger partial charge in [0.15, 0.2) is 0 Å². The van der Waals surface area contributed by atoms with E-state index in [9.17, 15) is 4.79 Å². The molecule has 0 aliphatic carbocycles. The van der Waals surface area contributed by atoms with Crippen LogP contribution in [0.2, 0.25) is 0 Å². The van der Waals surface area contributed by atoms with E-state index in [-0.39, 0.29) is 11.9 Å². The molecular formula is C24H34N2O. The largest absolute Gasteiger partial charge is 0.361 e. The molecule has 3 nitrogen and oxygen atoms in total. The number of carbonyl (C=O) groups excluding carboxylic acids is 1. The van der Waals surface area contributed by atoms with Gasteiger partial charge in [0.1, 0.15) is 0 Å². The average molecular weight is 367 g/mol. The minimum atomic E-state index is 0.142. The fourth-order valence-electron chi connectivity index (χ4n) is 4.42.